The van der Waals surface area contributed by atoms with E-state index in [0.29, 0.717) is 12.0 Å². The summed E-state index contributed by atoms with van der Waals surface area (Å²) in [6.45, 7) is 4.65. The first kappa shape index (κ1) is 16.4. The highest BCUT2D eigenvalue weighted by Crippen LogP contribution is 2.32. The Kier molecular flexibility index (Phi) is 4.37. The smallest absolute Gasteiger partial charge is 0.322 e. The number of anilines is 2. The zero-order valence-corrected chi connectivity index (χ0v) is 14.7. The van der Waals surface area contributed by atoms with Gasteiger partial charge in [-0.2, -0.15) is 0 Å². The standard InChI is InChI=1S/C19H25N3O3/c1-13(23)21-8-6-15-10-16(2-5-18(15)21)20-19(24)22(17-3-4-17)11-14-7-9-25-12-14/h2,5,10,14,17H,3-4,6-9,11-12H2,1H3,(H,20,24)/t14-/m1/s1. The van der Waals surface area contributed by atoms with E-state index in [9.17, 15) is 9.59 Å². The van der Waals surface area contributed by atoms with Crippen LogP contribution in [0, 0.1) is 5.92 Å². The Bertz CT molecular complexity index is 680. The van der Waals surface area contributed by atoms with Gasteiger partial charge in [-0.1, -0.05) is 0 Å². The first-order valence-corrected chi connectivity index (χ1v) is 9.18. The number of rotatable bonds is 4. The van der Waals surface area contributed by atoms with Gasteiger partial charge in [0.15, 0.2) is 0 Å². The zero-order valence-electron chi connectivity index (χ0n) is 14.7. The van der Waals surface area contributed by atoms with Crippen LogP contribution < -0.4 is 10.2 Å². The molecule has 3 amide bonds. The van der Waals surface area contributed by atoms with Gasteiger partial charge in [0.05, 0.1) is 6.61 Å². The van der Waals surface area contributed by atoms with E-state index in [1.165, 1.54) is 0 Å². The minimum atomic E-state index is -0.0178. The predicted octanol–water partition coefficient (Wildman–Crippen LogP) is 2.63. The number of benzene rings is 1. The number of amides is 3. The number of fused-ring (bicyclic) bond motifs is 1. The Balaban J connectivity index is 1.44. The van der Waals surface area contributed by atoms with Gasteiger partial charge < -0.3 is 19.9 Å². The maximum Gasteiger partial charge on any atom is 0.322 e. The summed E-state index contributed by atoms with van der Waals surface area (Å²) >= 11 is 0. The second kappa shape index (κ2) is 6.67. The first-order chi connectivity index (χ1) is 12.1. The van der Waals surface area contributed by atoms with Gasteiger partial charge in [-0.05, 0) is 49.4 Å². The number of hydrogen-bond acceptors (Lipinski definition) is 3. The molecule has 2 heterocycles. The molecule has 0 bridgehead atoms. The summed E-state index contributed by atoms with van der Waals surface area (Å²) < 4.78 is 5.45. The van der Waals surface area contributed by atoms with Gasteiger partial charge in [-0.15, -0.1) is 0 Å². The van der Waals surface area contributed by atoms with Gasteiger partial charge in [0.1, 0.15) is 0 Å². The maximum atomic E-state index is 12.8. The van der Waals surface area contributed by atoms with E-state index < -0.39 is 0 Å². The highest BCUT2D eigenvalue weighted by Gasteiger charge is 2.35. The molecule has 4 rings (SSSR count). The van der Waals surface area contributed by atoms with Crippen LogP contribution in [0.25, 0.3) is 0 Å². The van der Waals surface area contributed by atoms with Gasteiger partial charge in [0.2, 0.25) is 5.91 Å². The van der Waals surface area contributed by atoms with E-state index in [1.54, 1.807) is 11.8 Å². The predicted molar refractivity (Wildman–Crippen MR) is 95.8 cm³/mol. The van der Waals surface area contributed by atoms with E-state index in [-0.39, 0.29) is 11.9 Å². The Morgan fingerprint density at radius 1 is 1.32 bits per heavy atom. The van der Waals surface area contributed by atoms with Crippen LogP contribution in [-0.4, -0.2) is 49.2 Å². The molecule has 1 N–H and O–H groups in total. The lowest BCUT2D eigenvalue weighted by Gasteiger charge is -2.25. The van der Waals surface area contributed by atoms with Crippen LogP contribution in [0.2, 0.25) is 0 Å². The van der Waals surface area contributed by atoms with Crippen molar-refractivity contribution < 1.29 is 14.3 Å². The number of carbonyl (C=O) groups is 2. The van der Waals surface area contributed by atoms with E-state index in [2.05, 4.69) is 5.32 Å². The second-order valence-electron chi connectivity index (χ2n) is 7.31. The highest BCUT2D eigenvalue weighted by atomic mass is 16.5. The minimum Gasteiger partial charge on any atom is -0.381 e. The maximum absolute atomic E-state index is 12.8. The van der Waals surface area contributed by atoms with Crippen molar-refractivity contribution in [2.75, 3.05) is 36.5 Å². The molecule has 0 spiro atoms. The molecule has 25 heavy (non-hydrogen) atoms. The largest absolute Gasteiger partial charge is 0.381 e. The molecule has 1 aromatic rings. The minimum absolute atomic E-state index is 0.0178. The van der Waals surface area contributed by atoms with Crippen LogP contribution in [0.5, 0.6) is 0 Å². The third-order valence-corrected chi connectivity index (χ3v) is 5.33. The van der Waals surface area contributed by atoms with E-state index in [0.717, 1.165) is 68.9 Å². The van der Waals surface area contributed by atoms with Gasteiger partial charge >= 0.3 is 6.03 Å². The van der Waals surface area contributed by atoms with Gasteiger partial charge in [-0.3, -0.25) is 4.79 Å². The lowest BCUT2D eigenvalue weighted by molar-refractivity contribution is -0.116. The Morgan fingerprint density at radius 3 is 2.84 bits per heavy atom. The average molecular weight is 343 g/mol. The molecular formula is C19H25N3O3. The number of carbonyl (C=O) groups excluding carboxylic acids is 2. The molecule has 6 heteroatoms. The van der Waals surface area contributed by atoms with Gasteiger partial charge in [0.25, 0.3) is 0 Å². The molecular weight excluding hydrogens is 318 g/mol. The molecule has 1 saturated heterocycles. The first-order valence-electron chi connectivity index (χ1n) is 9.18. The van der Waals surface area contributed by atoms with Crippen molar-refractivity contribution in [3.63, 3.8) is 0 Å². The molecule has 6 nitrogen and oxygen atoms in total. The van der Waals surface area contributed by atoms with Crippen LogP contribution in [0.4, 0.5) is 16.2 Å². The summed E-state index contributed by atoms with van der Waals surface area (Å²) in [5.41, 5.74) is 2.89. The Morgan fingerprint density at radius 2 is 2.16 bits per heavy atom. The molecule has 0 aromatic heterocycles. The summed E-state index contributed by atoms with van der Waals surface area (Å²) in [7, 11) is 0. The molecule has 134 valence electrons. The number of ether oxygens (including phenoxy) is 1. The van der Waals surface area contributed by atoms with Gasteiger partial charge in [-0.25, -0.2) is 4.79 Å². The van der Waals surface area contributed by atoms with Crippen LogP contribution >= 0.6 is 0 Å². The quantitative estimate of drug-likeness (QED) is 0.914. The topological polar surface area (TPSA) is 61.9 Å². The van der Waals surface area contributed by atoms with Crippen LogP contribution in [0.1, 0.15) is 31.7 Å². The number of nitrogens with one attached hydrogen (secondary N) is 1. The van der Waals surface area contributed by atoms with Crippen molar-refractivity contribution >= 4 is 23.3 Å². The number of urea groups is 1. The van der Waals surface area contributed by atoms with Crippen molar-refractivity contribution in [1.82, 2.24) is 4.90 Å². The summed E-state index contributed by atoms with van der Waals surface area (Å²) in [5, 5.41) is 3.05. The van der Waals surface area contributed by atoms with Crippen molar-refractivity contribution in [2.24, 2.45) is 5.92 Å². The molecule has 0 radical (unpaired) electrons. The van der Waals surface area contributed by atoms with Gasteiger partial charge in [0, 0.05) is 50.0 Å². The fourth-order valence-electron chi connectivity index (χ4n) is 3.79. The molecule has 1 atom stereocenters. The highest BCUT2D eigenvalue weighted by molar-refractivity contribution is 5.95. The van der Waals surface area contributed by atoms with Crippen molar-refractivity contribution in [3.8, 4) is 0 Å². The third-order valence-electron chi connectivity index (χ3n) is 5.33. The SMILES string of the molecule is CC(=O)N1CCc2cc(NC(=O)N(C[C@H]3CCOC3)C3CC3)ccc21. The Labute approximate surface area is 148 Å². The lowest BCUT2D eigenvalue weighted by atomic mass is 10.1. The van der Waals surface area contributed by atoms with E-state index in [1.807, 2.05) is 23.1 Å². The molecule has 2 fully saturated rings. The van der Waals surface area contributed by atoms with Crippen molar-refractivity contribution in [3.05, 3.63) is 23.8 Å². The summed E-state index contributed by atoms with van der Waals surface area (Å²) in [4.78, 5) is 28.2. The Hall–Kier alpha value is -2.08. The normalized spacial score (nSPS) is 22.0. The average Bonchev–Trinajstić information content (AvgIpc) is 3.12. The molecule has 2 aliphatic heterocycles. The zero-order chi connectivity index (χ0) is 17.4. The fourth-order valence-corrected chi connectivity index (χ4v) is 3.79. The second-order valence-corrected chi connectivity index (χ2v) is 7.31. The summed E-state index contributed by atoms with van der Waals surface area (Å²) in [6, 6.07) is 6.19. The summed E-state index contributed by atoms with van der Waals surface area (Å²) in [5.74, 6) is 0.518. The van der Waals surface area contributed by atoms with E-state index in [4.69, 9.17) is 4.74 Å². The fraction of sp³-hybridized carbons (Fsp3) is 0.579. The number of hydrogen-bond donors (Lipinski definition) is 1. The van der Waals surface area contributed by atoms with Crippen molar-refractivity contribution in [1.29, 1.82) is 0 Å². The lowest BCUT2D eigenvalue weighted by Crippen LogP contribution is -2.40. The molecule has 1 aliphatic carbocycles. The third kappa shape index (κ3) is 3.49. The van der Waals surface area contributed by atoms with Crippen LogP contribution in [0.3, 0.4) is 0 Å². The van der Waals surface area contributed by atoms with Crippen LogP contribution in [0.15, 0.2) is 18.2 Å². The molecule has 1 saturated carbocycles. The summed E-state index contributed by atoms with van der Waals surface area (Å²) in [6.07, 6.45) is 4.07. The molecule has 0 unspecified atom stereocenters. The molecule has 3 aliphatic rings. The molecule has 1 aromatic carbocycles. The number of nitrogens with zero attached hydrogens (tertiary/aromatic N) is 2. The monoisotopic (exact) mass is 343 g/mol. The van der Waals surface area contributed by atoms with Crippen LogP contribution in [-0.2, 0) is 16.0 Å². The van der Waals surface area contributed by atoms with E-state index >= 15 is 0 Å². The van der Waals surface area contributed by atoms with Crippen molar-refractivity contribution in [2.45, 2.75) is 38.6 Å².